The fourth-order valence-corrected chi connectivity index (χ4v) is 4.96. The Morgan fingerprint density at radius 2 is 1.93 bits per heavy atom. The van der Waals surface area contributed by atoms with Crippen molar-refractivity contribution in [3.05, 3.63) is 95.0 Å². The Morgan fingerprint density at radius 1 is 1.09 bits per heavy atom. The number of fused-ring (bicyclic) bond motifs is 1. The number of carbonyl (C=O) groups is 1. The zero-order chi connectivity index (χ0) is 30.9. The number of nitrogens with one attached hydrogen (secondary N) is 3. The first-order valence-electron chi connectivity index (χ1n) is 14.4. The molecule has 5 rings (SSSR count). The largest absolute Gasteiger partial charge is 0.489 e. The van der Waals surface area contributed by atoms with Crippen molar-refractivity contribution in [3.63, 3.8) is 0 Å². The Labute approximate surface area is 255 Å². The molecule has 0 radical (unpaired) electrons. The molecule has 4 aromatic rings. The number of piperidine rings is 1. The molecular formula is C34H34FN5O4. The second-order valence-corrected chi connectivity index (χ2v) is 10.4. The van der Waals surface area contributed by atoms with Crippen molar-refractivity contribution in [1.29, 1.82) is 5.26 Å². The predicted octanol–water partition coefficient (Wildman–Crippen LogP) is 6.15. The van der Waals surface area contributed by atoms with Crippen LogP contribution in [0.4, 0.5) is 21.5 Å². The van der Waals surface area contributed by atoms with Crippen LogP contribution in [0.1, 0.15) is 29.5 Å². The van der Waals surface area contributed by atoms with Gasteiger partial charge in [-0.2, -0.15) is 5.26 Å². The van der Waals surface area contributed by atoms with Gasteiger partial charge in [0.2, 0.25) is 5.91 Å². The number of carbonyl (C=O) groups excluding carboxylic acids is 1. The Balaban J connectivity index is 1.44. The highest BCUT2D eigenvalue weighted by atomic mass is 19.1. The van der Waals surface area contributed by atoms with Gasteiger partial charge in [-0.15, -0.1) is 0 Å². The Bertz CT molecular complexity index is 1730. The van der Waals surface area contributed by atoms with Gasteiger partial charge in [-0.1, -0.05) is 17.7 Å². The number of nitrogens with zero attached hydrogens (tertiary/aromatic N) is 2. The molecule has 0 atom stereocenters. The van der Waals surface area contributed by atoms with Gasteiger partial charge in [-0.05, 0) is 80.4 Å². The number of nitriles is 1. The quantitative estimate of drug-likeness (QED) is 0.140. The van der Waals surface area contributed by atoms with Crippen molar-refractivity contribution in [2.24, 2.45) is 0 Å². The van der Waals surface area contributed by atoms with E-state index in [4.69, 9.17) is 14.2 Å². The number of ether oxygens (including phenoxy) is 3. The number of anilines is 3. The first-order chi connectivity index (χ1) is 21.4. The number of aromatic nitrogens is 1. The molecule has 0 bridgehead atoms. The molecule has 10 heteroatoms. The van der Waals surface area contributed by atoms with Crippen LogP contribution in [0.2, 0.25) is 0 Å². The van der Waals surface area contributed by atoms with E-state index in [0.29, 0.717) is 45.9 Å². The SMILES string of the molecule is COCCOc1cc2ncc(C#N)c(Nc3ccc(OCc4cccc(F)c4)c(C)c3)c2cc1NC(=O)C=C1CCNCC1. The summed E-state index contributed by atoms with van der Waals surface area (Å²) in [4.78, 5) is 17.5. The van der Waals surface area contributed by atoms with Crippen molar-refractivity contribution in [1.82, 2.24) is 10.3 Å². The van der Waals surface area contributed by atoms with Gasteiger partial charge in [-0.25, -0.2) is 4.39 Å². The van der Waals surface area contributed by atoms with E-state index in [0.717, 1.165) is 48.3 Å². The van der Waals surface area contributed by atoms with Gasteiger partial charge in [-0.3, -0.25) is 9.78 Å². The Kier molecular flexibility index (Phi) is 10.0. The van der Waals surface area contributed by atoms with Gasteiger partial charge in [0.05, 0.1) is 29.1 Å². The van der Waals surface area contributed by atoms with Crippen LogP contribution in [0.3, 0.4) is 0 Å². The van der Waals surface area contributed by atoms with Gasteiger partial charge in [0.25, 0.3) is 0 Å². The maximum Gasteiger partial charge on any atom is 0.248 e. The van der Waals surface area contributed by atoms with Crippen molar-refractivity contribution >= 4 is 33.9 Å². The molecule has 3 aromatic carbocycles. The number of methoxy groups -OCH3 is 1. The van der Waals surface area contributed by atoms with Crippen LogP contribution in [0, 0.1) is 24.1 Å². The molecule has 0 spiro atoms. The van der Waals surface area contributed by atoms with E-state index in [1.807, 2.05) is 25.1 Å². The van der Waals surface area contributed by atoms with Crippen molar-refractivity contribution in [2.75, 3.05) is 44.0 Å². The topological polar surface area (TPSA) is 118 Å². The number of halogens is 1. The monoisotopic (exact) mass is 595 g/mol. The summed E-state index contributed by atoms with van der Waals surface area (Å²) in [7, 11) is 1.59. The molecule has 1 aliphatic rings. The smallest absolute Gasteiger partial charge is 0.248 e. The van der Waals surface area contributed by atoms with Gasteiger partial charge >= 0.3 is 0 Å². The highest BCUT2D eigenvalue weighted by Gasteiger charge is 2.17. The lowest BCUT2D eigenvalue weighted by atomic mass is 10.0. The van der Waals surface area contributed by atoms with Crippen LogP contribution in [0.5, 0.6) is 11.5 Å². The van der Waals surface area contributed by atoms with Crippen LogP contribution in [-0.4, -0.2) is 44.3 Å². The number of aryl methyl sites for hydroxylation is 1. The van der Waals surface area contributed by atoms with Crippen LogP contribution in [0.25, 0.3) is 10.9 Å². The highest BCUT2D eigenvalue weighted by molar-refractivity contribution is 6.05. The molecule has 1 aromatic heterocycles. The summed E-state index contributed by atoms with van der Waals surface area (Å²) in [5, 5.41) is 20.2. The molecular weight excluding hydrogens is 561 g/mol. The minimum absolute atomic E-state index is 0.232. The zero-order valence-electron chi connectivity index (χ0n) is 24.7. The van der Waals surface area contributed by atoms with E-state index in [-0.39, 0.29) is 24.9 Å². The van der Waals surface area contributed by atoms with E-state index >= 15 is 0 Å². The third-order valence-electron chi connectivity index (χ3n) is 7.20. The normalized spacial score (nSPS) is 12.8. The van der Waals surface area contributed by atoms with Crippen LogP contribution < -0.4 is 25.4 Å². The molecule has 1 amide bonds. The average Bonchev–Trinajstić information content (AvgIpc) is 3.02. The molecule has 44 heavy (non-hydrogen) atoms. The van der Waals surface area contributed by atoms with E-state index in [1.165, 1.54) is 18.3 Å². The molecule has 1 aliphatic heterocycles. The minimum atomic E-state index is -0.310. The average molecular weight is 596 g/mol. The zero-order valence-corrected chi connectivity index (χ0v) is 24.7. The number of hydrogen-bond donors (Lipinski definition) is 3. The van der Waals surface area contributed by atoms with E-state index in [1.54, 1.807) is 37.5 Å². The fraction of sp³-hybridized carbons (Fsp3) is 0.265. The second-order valence-electron chi connectivity index (χ2n) is 10.4. The maximum absolute atomic E-state index is 13.6. The van der Waals surface area contributed by atoms with Gasteiger partial charge in [0.15, 0.2) is 0 Å². The maximum atomic E-state index is 13.6. The number of rotatable bonds is 11. The van der Waals surface area contributed by atoms with Crippen LogP contribution in [-0.2, 0) is 16.1 Å². The molecule has 0 aliphatic carbocycles. The van der Waals surface area contributed by atoms with Gasteiger partial charge < -0.3 is 30.2 Å². The standard InChI is InChI=1S/C34H34FN5O4/c1-22-14-27(6-7-31(22)44-21-24-4-3-5-26(35)15-24)39-34-25(19-36)20-38-29-18-32(43-13-12-42-2)30(17-28(29)34)40-33(41)16-23-8-10-37-11-9-23/h3-7,14-18,20,37H,8-13,21H2,1-2H3,(H,38,39)(H,40,41). The number of pyridine rings is 1. The molecule has 226 valence electrons. The van der Waals surface area contributed by atoms with Gasteiger partial charge in [0.1, 0.15) is 36.6 Å². The molecule has 0 saturated carbocycles. The predicted molar refractivity (Wildman–Crippen MR) is 168 cm³/mol. The molecule has 1 saturated heterocycles. The molecule has 0 unspecified atom stereocenters. The van der Waals surface area contributed by atoms with Crippen molar-refractivity contribution in [3.8, 4) is 17.6 Å². The molecule has 2 heterocycles. The van der Waals surface area contributed by atoms with Crippen molar-refractivity contribution in [2.45, 2.75) is 26.4 Å². The highest BCUT2D eigenvalue weighted by Crippen LogP contribution is 2.37. The molecule has 9 nitrogen and oxygen atoms in total. The van der Waals surface area contributed by atoms with Gasteiger partial charge in [0, 0.05) is 36.5 Å². The molecule has 3 N–H and O–H groups in total. The van der Waals surface area contributed by atoms with E-state index < -0.39 is 0 Å². The third kappa shape index (κ3) is 7.69. The van der Waals surface area contributed by atoms with Crippen molar-refractivity contribution < 1.29 is 23.4 Å². The Hall–Kier alpha value is -4.98. The minimum Gasteiger partial charge on any atom is -0.489 e. The number of amides is 1. The first-order valence-corrected chi connectivity index (χ1v) is 14.4. The lowest BCUT2D eigenvalue weighted by molar-refractivity contribution is -0.112. The summed E-state index contributed by atoms with van der Waals surface area (Å²) in [6.07, 6.45) is 4.79. The summed E-state index contributed by atoms with van der Waals surface area (Å²) >= 11 is 0. The van der Waals surface area contributed by atoms with E-state index in [9.17, 15) is 14.4 Å². The van der Waals surface area contributed by atoms with Crippen LogP contribution >= 0.6 is 0 Å². The Morgan fingerprint density at radius 3 is 2.68 bits per heavy atom. The molecule has 1 fully saturated rings. The lowest BCUT2D eigenvalue weighted by Crippen LogP contribution is -2.24. The number of hydrogen-bond acceptors (Lipinski definition) is 8. The summed E-state index contributed by atoms with van der Waals surface area (Å²) in [5.41, 5.74) is 5.32. The summed E-state index contributed by atoms with van der Waals surface area (Å²) in [5.74, 6) is 0.549. The summed E-state index contributed by atoms with van der Waals surface area (Å²) in [6, 6.07) is 17.6. The number of benzene rings is 3. The van der Waals surface area contributed by atoms with E-state index in [2.05, 4.69) is 27.0 Å². The lowest BCUT2D eigenvalue weighted by Gasteiger charge is -2.18. The summed E-state index contributed by atoms with van der Waals surface area (Å²) < 4.78 is 30.6. The second kappa shape index (κ2) is 14.5. The fourth-order valence-electron chi connectivity index (χ4n) is 4.96. The third-order valence-corrected chi connectivity index (χ3v) is 7.20. The van der Waals surface area contributed by atoms with Crippen LogP contribution in [0.15, 0.2) is 72.4 Å². The first kappa shape index (κ1) is 30.5. The summed E-state index contributed by atoms with van der Waals surface area (Å²) in [6.45, 7) is 4.49.